The lowest BCUT2D eigenvalue weighted by molar-refractivity contribution is -0.119. The van der Waals surface area contributed by atoms with Crippen LogP contribution in [-0.2, 0) is 4.79 Å². The van der Waals surface area contributed by atoms with Crippen LogP contribution in [-0.4, -0.2) is 34.6 Å². The Morgan fingerprint density at radius 1 is 1.39 bits per heavy atom. The zero-order valence-corrected chi connectivity index (χ0v) is 11.8. The van der Waals surface area contributed by atoms with Crippen molar-refractivity contribution in [2.45, 2.75) is 18.9 Å². The molecule has 5 nitrogen and oxygen atoms in total. The Morgan fingerprint density at radius 3 is 2.78 bits per heavy atom. The third kappa shape index (κ3) is 2.74. The molecule has 1 aliphatic heterocycles. The summed E-state index contributed by atoms with van der Waals surface area (Å²) in [5.74, 6) is -0.251. The first kappa shape index (κ1) is 13.1. The lowest BCUT2D eigenvalue weighted by atomic mass is 10.2. The summed E-state index contributed by atoms with van der Waals surface area (Å²) in [5.41, 5.74) is 0.723. The van der Waals surface area contributed by atoms with Crippen LogP contribution in [0.1, 0.15) is 12.8 Å². The molecule has 2 N–H and O–H groups in total. The molecular weight excluding hydrogens is 347 g/mol. The van der Waals surface area contributed by atoms with Crippen molar-refractivity contribution >= 4 is 40.3 Å². The van der Waals surface area contributed by atoms with E-state index in [4.69, 9.17) is 5.11 Å². The lowest BCUT2D eigenvalue weighted by Gasteiger charge is -2.20. The van der Waals surface area contributed by atoms with E-state index in [-0.39, 0.29) is 5.91 Å². The Morgan fingerprint density at radius 2 is 2.11 bits per heavy atom. The van der Waals surface area contributed by atoms with Gasteiger partial charge in [-0.25, -0.2) is 4.79 Å². The predicted octanol–water partition coefficient (Wildman–Crippen LogP) is 2.37. The number of hydrogen-bond acceptors (Lipinski definition) is 2. The van der Waals surface area contributed by atoms with Gasteiger partial charge in [-0.05, 0) is 47.6 Å². The third-order valence-electron chi connectivity index (χ3n) is 2.93. The number of likely N-dealkylation sites (tertiary alicyclic amines) is 1. The molecule has 0 aliphatic carbocycles. The van der Waals surface area contributed by atoms with Crippen LogP contribution in [0.4, 0.5) is 10.5 Å². The highest BCUT2D eigenvalue weighted by Crippen LogP contribution is 2.21. The van der Waals surface area contributed by atoms with Crippen LogP contribution in [0.2, 0.25) is 0 Å². The third-order valence-corrected chi connectivity index (χ3v) is 3.87. The highest BCUT2D eigenvalue weighted by atomic mass is 127. The van der Waals surface area contributed by atoms with Crippen molar-refractivity contribution in [1.82, 2.24) is 4.90 Å². The molecule has 0 unspecified atom stereocenters. The number of benzene rings is 1. The number of nitrogens with one attached hydrogen (secondary N) is 1. The van der Waals surface area contributed by atoms with E-state index >= 15 is 0 Å². The summed E-state index contributed by atoms with van der Waals surface area (Å²) < 4.78 is 0.934. The van der Waals surface area contributed by atoms with Gasteiger partial charge in [-0.15, -0.1) is 0 Å². The number of anilines is 1. The van der Waals surface area contributed by atoms with Gasteiger partial charge in [0.25, 0.3) is 0 Å². The van der Waals surface area contributed by atoms with Crippen molar-refractivity contribution in [2.24, 2.45) is 0 Å². The van der Waals surface area contributed by atoms with Crippen molar-refractivity contribution in [2.75, 3.05) is 11.9 Å². The highest BCUT2D eigenvalue weighted by molar-refractivity contribution is 14.1. The average molecular weight is 360 g/mol. The van der Waals surface area contributed by atoms with E-state index in [0.717, 1.165) is 15.7 Å². The molecule has 2 rings (SSSR count). The number of para-hydroxylation sites is 1. The van der Waals surface area contributed by atoms with E-state index in [9.17, 15) is 9.59 Å². The van der Waals surface area contributed by atoms with Gasteiger partial charge in [0.05, 0.1) is 5.69 Å². The fourth-order valence-electron chi connectivity index (χ4n) is 2.05. The van der Waals surface area contributed by atoms with Gasteiger partial charge in [-0.1, -0.05) is 12.1 Å². The standard InChI is InChI=1S/C12H13IN2O3/c13-8-4-1-2-5-9(8)14-11(16)10-6-3-7-15(10)12(17)18/h1-2,4-5,10H,3,6-7H2,(H,14,16)(H,17,18)/t10-/m0/s1. The summed E-state index contributed by atoms with van der Waals surface area (Å²) in [5, 5.41) is 11.8. The molecule has 1 aromatic rings. The van der Waals surface area contributed by atoms with Crippen molar-refractivity contribution < 1.29 is 14.7 Å². The molecule has 1 heterocycles. The molecular formula is C12H13IN2O3. The SMILES string of the molecule is O=C(Nc1ccccc1I)[C@@H]1CCCN1C(=O)O. The van der Waals surface area contributed by atoms with E-state index < -0.39 is 12.1 Å². The van der Waals surface area contributed by atoms with Crippen LogP contribution in [0.3, 0.4) is 0 Å². The van der Waals surface area contributed by atoms with Crippen LogP contribution < -0.4 is 5.32 Å². The number of nitrogens with zero attached hydrogens (tertiary/aromatic N) is 1. The Labute approximate surface area is 118 Å². The van der Waals surface area contributed by atoms with Crippen LogP contribution >= 0.6 is 22.6 Å². The zero-order valence-electron chi connectivity index (χ0n) is 9.60. The molecule has 6 heteroatoms. The normalized spacial score (nSPS) is 18.7. The molecule has 2 amide bonds. The molecule has 0 bridgehead atoms. The number of carboxylic acid groups (broad SMARTS) is 1. The van der Waals surface area contributed by atoms with E-state index in [1.807, 2.05) is 18.2 Å². The van der Waals surface area contributed by atoms with Crippen LogP contribution in [0.25, 0.3) is 0 Å². The fraction of sp³-hybridized carbons (Fsp3) is 0.333. The summed E-state index contributed by atoms with van der Waals surface area (Å²) in [6, 6.07) is 6.84. The number of halogens is 1. The van der Waals surface area contributed by atoms with E-state index in [1.165, 1.54) is 4.90 Å². The van der Waals surface area contributed by atoms with Gasteiger partial charge < -0.3 is 10.4 Å². The fourth-order valence-corrected chi connectivity index (χ4v) is 2.57. The first-order valence-corrected chi connectivity index (χ1v) is 6.72. The van der Waals surface area contributed by atoms with Gasteiger partial charge >= 0.3 is 6.09 Å². The van der Waals surface area contributed by atoms with Gasteiger partial charge in [0.15, 0.2) is 0 Å². The predicted molar refractivity (Wildman–Crippen MR) is 75.5 cm³/mol. The number of carbonyl (C=O) groups excluding carboxylic acids is 1. The minimum Gasteiger partial charge on any atom is -0.465 e. The monoisotopic (exact) mass is 360 g/mol. The highest BCUT2D eigenvalue weighted by Gasteiger charge is 2.34. The second-order valence-electron chi connectivity index (χ2n) is 4.10. The van der Waals surface area contributed by atoms with Crippen LogP contribution in [0, 0.1) is 3.57 Å². The van der Waals surface area contributed by atoms with E-state index in [0.29, 0.717) is 13.0 Å². The molecule has 1 atom stereocenters. The molecule has 1 fully saturated rings. The van der Waals surface area contributed by atoms with Crippen LogP contribution in [0.15, 0.2) is 24.3 Å². The molecule has 0 spiro atoms. The average Bonchev–Trinajstić information content (AvgIpc) is 2.81. The number of amides is 2. The molecule has 0 radical (unpaired) electrons. The molecule has 0 aromatic heterocycles. The lowest BCUT2D eigenvalue weighted by Crippen LogP contribution is -2.42. The van der Waals surface area contributed by atoms with Crippen molar-refractivity contribution in [3.63, 3.8) is 0 Å². The van der Waals surface area contributed by atoms with Gasteiger partial charge in [0, 0.05) is 10.1 Å². The molecule has 18 heavy (non-hydrogen) atoms. The first-order valence-electron chi connectivity index (χ1n) is 5.64. The molecule has 1 saturated heterocycles. The quantitative estimate of drug-likeness (QED) is 0.796. The largest absolute Gasteiger partial charge is 0.465 e. The summed E-state index contributed by atoms with van der Waals surface area (Å²) in [6.07, 6.45) is 0.285. The maximum atomic E-state index is 12.1. The summed E-state index contributed by atoms with van der Waals surface area (Å²) in [7, 11) is 0. The van der Waals surface area contributed by atoms with E-state index in [2.05, 4.69) is 27.9 Å². The maximum Gasteiger partial charge on any atom is 0.407 e. The summed E-state index contributed by atoms with van der Waals surface area (Å²) in [6.45, 7) is 0.430. The van der Waals surface area contributed by atoms with Gasteiger partial charge in [-0.3, -0.25) is 9.69 Å². The Balaban J connectivity index is 2.08. The number of carbonyl (C=O) groups is 2. The van der Waals surface area contributed by atoms with Crippen LogP contribution in [0.5, 0.6) is 0 Å². The Bertz CT molecular complexity index is 478. The topological polar surface area (TPSA) is 69.6 Å². The van der Waals surface area contributed by atoms with Crippen molar-refractivity contribution in [3.05, 3.63) is 27.8 Å². The first-order chi connectivity index (χ1) is 8.59. The van der Waals surface area contributed by atoms with Crippen molar-refractivity contribution in [1.29, 1.82) is 0 Å². The second kappa shape index (κ2) is 5.55. The maximum absolute atomic E-state index is 12.1. The molecule has 0 saturated carbocycles. The smallest absolute Gasteiger partial charge is 0.407 e. The second-order valence-corrected chi connectivity index (χ2v) is 5.27. The van der Waals surface area contributed by atoms with E-state index in [1.54, 1.807) is 6.07 Å². The minimum absolute atomic E-state index is 0.251. The molecule has 96 valence electrons. The molecule has 1 aromatic carbocycles. The minimum atomic E-state index is -1.03. The van der Waals surface area contributed by atoms with Gasteiger partial charge in [0.2, 0.25) is 5.91 Å². The van der Waals surface area contributed by atoms with Gasteiger partial charge in [-0.2, -0.15) is 0 Å². The Hall–Kier alpha value is -1.31. The number of hydrogen-bond donors (Lipinski definition) is 2. The van der Waals surface area contributed by atoms with Gasteiger partial charge in [0.1, 0.15) is 6.04 Å². The van der Waals surface area contributed by atoms with Crippen molar-refractivity contribution in [3.8, 4) is 0 Å². The number of rotatable bonds is 2. The Kier molecular flexibility index (Phi) is 4.05. The summed E-state index contributed by atoms with van der Waals surface area (Å²) in [4.78, 5) is 24.2. The molecule has 1 aliphatic rings. The zero-order chi connectivity index (χ0) is 13.1. The summed E-state index contributed by atoms with van der Waals surface area (Å²) >= 11 is 2.13.